The van der Waals surface area contributed by atoms with Gasteiger partial charge in [-0.15, -0.1) is 20.4 Å². The Labute approximate surface area is 237 Å². The molecule has 0 saturated heterocycles. The molecule has 6 aromatic rings. The first-order chi connectivity index (χ1) is 20.0. The summed E-state index contributed by atoms with van der Waals surface area (Å²) in [5, 5.41) is 28.9. The van der Waals surface area contributed by atoms with Crippen LogP contribution in [0, 0.1) is 13.8 Å². The van der Waals surface area contributed by atoms with Crippen LogP contribution in [0.25, 0.3) is 11.3 Å². The Morgan fingerprint density at radius 1 is 0.732 bits per heavy atom. The van der Waals surface area contributed by atoms with Gasteiger partial charge in [-0.1, -0.05) is 35.9 Å². The van der Waals surface area contributed by atoms with Crippen molar-refractivity contribution in [2.75, 3.05) is 42.5 Å². The zero-order valence-corrected chi connectivity index (χ0v) is 23.5. The highest BCUT2D eigenvalue weighted by Crippen LogP contribution is 2.29. The molecule has 0 bridgehead atoms. The van der Waals surface area contributed by atoms with Crippen LogP contribution < -0.4 is 26.0 Å². The smallest absolute Gasteiger partial charge is 0.228 e. The molecule has 41 heavy (non-hydrogen) atoms. The molecule has 4 heterocycles. The van der Waals surface area contributed by atoms with Crippen molar-refractivity contribution in [1.82, 2.24) is 39.2 Å². The monoisotopic (exact) mass is 552 g/mol. The summed E-state index contributed by atoms with van der Waals surface area (Å²) >= 11 is 0. The summed E-state index contributed by atoms with van der Waals surface area (Å²) in [6.45, 7) is 4.80. The van der Waals surface area contributed by atoms with Crippen LogP contribution >= 0.6 is 0 Å². The van der Waals surface area contributed by atoms with Crippen molar-refractivity contribution in [3.63, 3.8) is 0 Å². The van der Waals surface area contributed by atoms with E-state index in [4.69, 9.17) is 4.74 Å². The minimum absolute atomic E-state index is 0.621. The number of fused-ring (bicyclic) bond motifs is 2. The molecule has 0 amide bonds. The maximum atomic E-state index is 5.37. The SMILES string of the molecule is CNc1nnc2c(NCc3ccc(C)cc3)nccn12.CNc1nnc2c(Nc3cc(C)ccc3OC)nccn12. The standard InChI is InChI=1S/C14H16N6O.C14H16N6/c1-9-4-5-11(21-3)10(8-9)17-12-13-18-19-14(15-2)20(13)7-6-16-12;1-10-3-5-11(6-4-10)9-17-12-13-18-19-14(15-2)20(13)8-7-16-12/h4-8H,1-3H3,(H,15,19)(H,16,17);3-8H,9H2,1-2H3,(H,15,19)(H,16,17). The molecule has 6 rings (SSSR count). The number of benzene rings is 2. The van der Waals surface area contributed by atoms with Gasteiger partial charge in [-0.05, 0) is 37.1 Å². The van der Waals surface area contributed by atoms with Gasteiger partial charge >= 0.3 is 0 Å². The number of nitrogens with one attached hydrogen (secondary N) is 4. The predicted octanol–water partition coefficient (Wildman–Crippen LogP) is 4.31. The molecule has 0 saturated carbocycles. The minimum Gasteiger partial charge on any atom is -0.495 e. The lowest BCUT2D eigenvalue weighted by Crippen LogP contribution is -2.04. The molecule has 0 aliphatic carbocycles. The van der Waals surface area contributed by atoms with Gasteiger partial charge in [-0.2, -0.15) is 0 Å². The average Bonchev–Trinajstić information content (AvgIpc) is 3.62. The van der Waals surface area contributed by atoms with Gasteiger partial charge in [0.15, 0.2) is 11.6 Å². The zero-order chi connectivity index (χ0) is 28.8. The largest absolute Gasteiger partial charge is 0.495 e. The van der Waals surface area contributed by atoms with Crippen molar-refractivity contribution in [3.8, 4) is 5.75 Å². The van der Waals surface area contributed by atoms with E-state index in [0.29, 0.717) is 35.6 Å². The van der Waals surface area contributed by atoms with Crippen molar-refractivity contribution in [2.45, 2.75) is 20.4 Å². The molecule has 13 nitrogen and oxygen atoms in total. The molecule has 0 radical (unpaired) electrons. The van der Waals surface area contributed by atoms with Crippen molar-refractivity contribution < 1.29 is 4.74 Å². The van der Waals surface area contributed by atoms with Crippen LogP contribution in [-0.2, 0) is 6.54 Å². The quantitative estimate of drug-likeness (QED) is 0.214. The van der Waals surface area contributed by atoms with Gasteiger partial charge in [0, 0.05) is 45.4 Å². The lowest BCUT2D eigenvalue weighted by molar-refractivity contribution is 0.416. The average molecular weight is 553 g/mol. The third-order valence-electron chi connectivity index (χ3n) is 6.29. The number of nitrogens with zero attached hydrogens (tertiary/aromatic N) is 8. The summed E-state index contributed by atoms with van der Waals surface area (Å²) in [5.41, 5.74) is 5.78. The second-order valence-electron chi connectivity index (χ2n) is 9.15. The molecule has 4 N–H and O–H groups in total. The van der Waals surface area contributed by atoms with E-state index in [1.807, 2.05) is 47.2 Å². The van der Waals surface area contributed by atoms with Crippen LogP contribution in [0.1, 0.15) is 16.7 Å². The van der Waals surface area contributed by atoms with Crippen LogP contribution in [0.3, 0.4) is 0 Å². The summed E-state index contributed by atoms with van der Waals surface area (Å²) in [7, 11) is 5.25. The van der Waals surface area contributed by atoms with Crippen LogP contribution in [0.2, 0.25) is 0 Å². The summed E-state index contributed by atoms with van der Waals surface area (Å²) < 4.78 is 9.06. The maximum Gasteiger partial charge on any atom is 0.228 e. The third-order valence-corrected chi connectivity index (χ3v) is 6.29. The lowest BCUT2D eigenvalue weighted by Gasteiger charge is -2.11. The van der Waals surface area contributed by atoms with Crippen LogP contribution in [0.15, 0.2) is 67.3 Å². The van der Waals surface area contributed by atoms with Gasteiger partial charge in [0.1, 0.15) is 5.75 Å². The highest BCUT2D eigenvalue weighted by molar-refractivity contribution is 5.74. The second kappa shape index (κ2) is 12.2. The molecule has 0 atom stereocenters. The minimum atomic E-state index is 0.621. The molecular formula is C28H32N12O. The van der Waals surface area contributed by atoms with Gasteiger partial charge < -0.3 is 26.0 Å². The number of anilines is 5. The van der Waals surface area contributed by atoms with E-state index < -0.39 is 0 Å². The van der Waals surface area contributed by atoms with E-state index >= 15 is 0 Å². The predicted molar refractivity (Wildman–Crippen MR) is 160 cm³/mol. The molecule has 0 aliphatic heterocycles. The molecule has 0 unspecified atom stereocenters. The Kier molecular flexibility index (Phi) is 8.04. The van der Waals surface area contributed by atoms with E-state index in [1.54, 1.807) is 32.7 Å². The van der Waals surface area contributed by atoms with Crippen molar-refractivity contribution in [3.05, 3.63) is 83.9 Å². The molecule has 4 aromatic heterocycles. The lowest BCUT2D eigenvalue weighted by atomic mass is 10.1. The first-order valence-corrected chi connectivity index (χ1v) is 13.0. The molecular weight excluding hydrogens is 520 g/mol. The number of aryl methyl sites for hydroxylation is 2. The summed E-state index contributed by atoms with van der Waals surface area (Å²) in [6.07, 6.45) is 7.06. The normalized spacial score (nSPS) is 10.7. The highest BCUT2D eigenvalue weighted by Gasteiger charge is 2.12. The Hall–Kier alpha value is -5.46. The van der Waals surface area contributed by atoms with Gasteiger partial charge in [0.2, 0.25) is 23.2 Å². The summed E-state index contributed by atoms with van der Waals surface area (Å²) in [4.78, 5) is 8.66. The third kappa shape index (κ3) is 5.93. The summed E-state index contributed by atoms with van der Waals surface area (Å²) in [5.74, 6) is 3.45. The van der Waals surface area contributed by atoms with E-state index in [9.17, 15) is 0 Å². The summed E-state index contributed by atoms with van der Waals surface area (Å²) in [6, 6.07) is 14.3. The van der Waals surface area contributed by atoms with Crippen LogP contribution in [-0.4, -0.2) is 60.4 Å². The number of ether oxygens (including phenoxy) is 1. The Balaban J connectivity index is 0.000000165. The fraction of sp³-hybridized carbons (Fsp3) is 0.214. The zero-order valence-electron chi connectivity index (χ0n) is 23.5. The second-order valence-corrected chi connectivity index (χ2v) is 9.15. The maximum absolute atomic E-state index is 5.37. The van der Waals surface area contributed by atoms with E-state index in [0.717, 1.165) is 22.8 Å². The molecule has 0 fully saturated rings. The van der Waals surface area contributed by atoms with Crippen molar-refractivity contribution >= 4 is 40.5 Å². The first-order valence-electron chi connectivity index (χ1n) is 13.0. The number of rotatable bonds is 8. The van der Waals surface area contributed by atoms with Crippen LogP contribution in [0.5, 0.6) is 5.75 Å². The van der Waals surface area contributed by atoms with Crippen molar-refractivity contribution in [1.29, 1.82) is 0 Å². The fourth-order valence-corrected chi connectivity index (χ4v) is 4.15. The molecule has 2 aromatic carbocycles. The van der Waals surface area contributed by atoms with Crippen molar-refractivity contribution in [2.24, 2.45) is 0 Å². The number of methoxy groups -OCH3 is 1. The van der Waals surface area contributed by atoms with Gasteiger partial charge in [0.25, 0.3) is 0 Å². The topological polar surface area (TPSA) is 144 Å². The van der Waals surface area contributed by atoms with Gasteiger partial charge in [-0.25, -0.2) is 9.97 Å². The van der Waals surface area contributed by atoms with Crippen LogP contribution in [0.4, 0.5) is 29.2 Å². The Bertz CT molecular complexity index is 1760. The van der Waals surface area contributed by atoms with E-state index in [1.165, 1.54) is 11.1 Å². The number of hydrogen-bond donors (Lipinski definition) is 4. The fourth-order valence-electron chi connectivity index (χ4n) is 4.15. The molecule has 0 aliphatic rings. The van der Waals surface area contributed by atoms with E-state index in [-0.39, 0.29) is 0 Å². The highest BCUT2D eigenvalue weighted by atomic mass is 16.5. The number of hydrogen-bond acceptors (Lipinski definition) is 11. The Morgan fingerprint density at radius 2 is 1.32 bits per heavy atom. The molecule has 13 heteroatoms. The Morgan fingerprint density at radius 3 is 1.93 bits per heavy atom. The van der Waals surface area contributed by atoms with E-state index in [2.05, 4.69) is 82.8 Å². The molecule has 0 spiro atoms. The number of aromatic nitrogens is 8. The van der Waals surface area contributed by atoms with Gasteiger partial charge in [-0.3, -0.25) is 8.80 Å². The first kappa shape index (κ1) is 27.1. The van der Waals surface area contributed by atoms with Gasteiger partial charge in [0.05, 0.1) is 12.8 Å². The molecule has 210 valence electrons.